The number of anilines is 2. The van der Waals surface area contributed by atoms with Crippen LogP contribution in [0.3, 0.4) is 0 Å². The van der Waals surface area contributed by atoms with Gasteiger partial charge in [0.05, 0.1) is 11.5 Å². The summed E-state index contributed by atoms with van der Waals surface area (Å²) >= 11 is 0. The Labute approximate surface area is 126 Å². The zero-order chi connectivity index (χ0) is 15.3. The number of nitrogens with one attached hydrogen (secondary N) is 1. The highest BCUT2D eigenvalue weighted by atomic mass is 32.2. The lowest BCUT2D eigenvalue weighted by Gasteiger charge is -2.26. The van der Waals surface area contributed by atoms with E-state index in [0.717, 1.165) is 25.3 Å². The van der Waals surface area contributed by atoms with Gasteiger partial charge in [-0.15, -0.1) is 0 Å². The van der Waals surface area contributed by atoms with Crippen LogP contribution >= 0.6 is 0 Å². The van der Waals surface area contributed by atoms with E-state index in [4.69, 9.17) is 0 Å². The summed E-state index contributed by atoms with van der Waals surface area (Å²) in [7, 11) is 1.10. The molecule has 0 spiro atoms. The van der Waals surface area contributed by atoms with Crippen LogP contribution in [0, 0.1) is 0 Å². The lowest BCUT2D eigenvalue weighted by Crippen LogP contribution is -2.41. The first-order valence-corrected chi connectivity index (χ1v) is 8.95. The van der Waals surface area contributed by atoms with Crippen LogP contribution in [0.15, 0.2) is 12.3 Å². The third-order valence-electron chi connectivity index (χ3n) is 3.47. The summed E-state index contributed by atoms with van der Waals surface area (Å²) in [5, 5.41) is 3.20. The maximum absolute atomic E-state index is 11.3. The van der Waals surface area contributed by atoms with Crippen molar-refractivity contribution in [1.29, 1.82) is 0 Å². The molecule has 1 N–H and O–H groups in total. The molecule has 0 bridgehead atoms. The molecule has 1 aliphatic rings. The molecule has 7 nitrogen and oxygen atoms in total. The molecule has 1 aromatic heterocycles. The molecular weight excluding hydrogens is 290 g/mol. The minimum Gasteiger partial charge on any atom is -0.363 e. The first-order valence-electron chi connectivity index (χ1n) is 7.13. The SMILES string of the molecule is CN(C)c1ccnc(NCCCN2CCS(=O)(=O)CC2)n1. The molecule has 1 aromatic rings. The zero-order valence-corrected chi connectivity index (χ0v) is 13.4. The van der Waals surface area contributed by atoms with Crippen molar-refractivity contribution in [1.82, 2.24) is 14.9 Å². The van der Waals surface area contributed by atoms with E-state index < -0.39 is 9.84 Å². The summed E-state index contributed by atoms with van der Waals surface area (Å²) in [4.78, 5) is 12.7. The van der Waals surface area contributed by atoms with Gasteiger partial charge in [0.1, 0.15) is 5.82 Å². The molecule has 1 saturated heterocycles. The standard InChI is InChI=1S/C13H23N5O2S/c1-17(2)12-4-6-15-13(16-12)14-5-3-7-18-8-10-21(19,20)11-9-18/h4,6H,3,5,7-11H2,1-2H3,(H,14,15,16). The number of hydrogen-bond donors (Lipinski definition) is 1. The highest BCUT2D eigenvalue weighted by Gasteiger charge is 2.20. The number of nitrogens with zero attached hydrogens (tertiary/aromatic N) is 4. The van der Waals surface area contributed by atoms with Crippen molar-refractivity contribution < 1.29 is 8.42 Å². The summed E-state index contributed by atoms with van der Waals surface area (Å²) in [5.74, 6) is 2.07. The predicted octanol–water partition coefficient (Wildman–Crippen LogP) is 0.0750. The third kappa shape index (κ3) is 5.13. The van der Waals surface area contributed by atoms with Gasteiger partial charge in [-0.25, -0.2) is 13.4 Å². The Morgan fingerprint density at radius 1 is 1.33 bits per heavy atom. The summed E-state index contributed by atoms with van der Waals surface area (Å²) in [6.45, 7) is 2.97. The average molecular weight is 313 g/mol. The lowest BCUT2D eigenvalue weighted by atomic mass is 10.3. The number of aromatic nitrogens is 2. The van der Waals surface area contributed by atoms with Crippen LogP contribution in [-0.4, -0.2) is 75.1 Å². The van der Waals surface area contributed by atoms with Gasteiger partial charge < -0.3 is 15.1 Å². The van der Waals surface area contributed by atoms with Crippen molar-refractivity contribution in [2.24, 2.45) is 0 Å². The quantitative estimate of drug-likeness (QED) is 0.745. The van der Waals surface area contributed by atoms with Crippen molar-refractivity contribution in [2.75, 3.05) is 62.0 Å². The van der Waals surface area contributed by atoms with Gasteiger partial charge in [-0.3, -0.25) is 0 Å². The Bertz CT molecular complexity index is 547. The molecule has 8 heteroatoms. The minimum absolute atomic E-state index is 0.286. The van der Waals surface area contributed by atoms with Crippen LogP contribution in [0.4, 0.5) is 11.8 Å². The average Bonchev–Trinajstić information content (AvgIpc) is 2.45. The van der Waals surface area contributed by atoms with E-state index in [1.54, 1.807) is 6.20 Å². The lowest BCUT2D eigenvalue weighted by molar-refractivity contribution is 0.294. The largest absolute Gasteiger partial charge is 0.363 e. The molecule has 0 saturated carbocycles. The molecule has 0 unspecified atom stereocenters. The van der Waals surface area contributed by atoms with E-state index in [-0.39, 0.29) is 11.5 Å². The van der Waals surface area contributed by atoms with Gasteiger partial charge in [-0.05, 0) is 19.0 Å². The maximum Gasteiger partial charge on any atom is 0.224 e. The Kier molecular flexibility index (Phi) is 5.35. The molecule has 118 valence electrons. The van der Waals surface area contributed by atoms with E-state index >= 15 is 0 Å². The van der Waals surface area contributed by atoms with E-state index in [1.807, 2.05) is 25.1 Å². The Morgan fingerprint density at radius 2 is 2.05 bits per heavy atom. The fraction of sp³-hybridized carbons (Fsp3) is 0.692. The van der Waals surface area contributed by atoms with Crippen LogP contribution in [0.1, 0.15) is 6.42 Å². The van der Waals surface area contributed by atoms with Crippen molar-refractivity contribution in [3.8, 4) is 0 Å². The van der Waals surface area contributed by atoms with Crippen LogP contribution in [-0.2, 0) is 9.84 Å². The second-order valence-corrected chi connectivity index (χ2v) is 7.71. The van der Waals surface area contributed by atoms with Crippen LogP contribution < -0.4 is 10.2 Å². The van der Waals surface area contributed by atoms with Crippen LogP contribution in [0.2, 0.25) is 0 Å². The monoisotopic (exact) mass is 313 g/mol. The second kappa shape index (κ2) is 7.04. The molecule has 0 atom stereocenters. The Balaban J connectivity index is 1.69. The first-order chi connectivity index (χ1) is 9.96. The van der Waals surface area contributed by atoms with E-state index in [1.165, 1.54) is 0 Å². The molecule has 1 fully saturated rings. The molecule has 1 aliphatic heterocycles. The zero-order valence-electron chi connectivity index (χ0n) is 12.6. The van der Waals surface area contributed by atoms with Gasteiger partial charge >= 0.3 is 0 Å². The van der Waals surface area contributed by atoms with Crippen LogP contribution in [0.5, 0.6) is 0 Å². The molecule has 21 heavy (non-hydrogen) atoms. The van der Waals surface area contributed by atoms with Gasteiger partial charge in [0, 0.05) is 39.9 Å². The summed E-state index contributed by atoms with van der Waals surface area (Å²) in [6, 6.07) is 1.86. The fourth-order valence-corrected chi connectivity index (χ4v) is 3.44. The molecule has 0 amide bonds. The summed E-state index contributed by atoms with van der Waals surface area (Å²) in [5.41, 5.74) is 0. The van der Waals surface area contributed by atoms with Gasteiger partial charge in [0.25, 0.3) is 0 Å². The predicted molar refractivity (Wildman–Crippen MR) is 84.6 cm³/mol. The minimum atomic E-state index is -2.78. The highest BCUT2D eigenvalue weighted by Crippen LogP contribution is 2.08. The van der Waals surface area contributed by atoms with Gasteiger partial charge in [0.2, 0.25) is 5.95 Å². The number of rotatable bonds is 6. The van der Waals surface area contributed by atoms with E-state index in [2.05, 4.69) is 20.2 Å². The number of sulfone groups is 1. The smallest absolute Gasteiger partial charge is 0.224 e. The normalized spacial score (nSPS) is 18.4. The molecule has 2 heterocycles. The Morgan fingerprint density at radius 3 is 2.71 bits per heavy atom. The van der Waals surface area contributed by atoms with Gasteiger partial charge in [0.15, 0.2) is 9.84 Å². The van der Waals surface area contributed by atoms with Gasteiger partial charge in [-0.2, -0.15) is 4.98 Å². The number of hydrogen-bond acceptors (Lipinski definition) is 7. The fourth-order valence-electron chi connectivity index (χ4n) is 2.16. The summed E-state index contributed by atoms with van der Waals surface area (Å²) in [6.07, 6.45) is 2.68. The molecule has 0 aromatic carbocycles. The topological polar surface area (TPSA) is 78.4 Å². The van der Waals surface area contributed by atoms with Crippen molar-refractivity contribution in [3.63, 3.8) is 0 Å². The van der Waals surface area contributed by atoms with Crippen LogP contribution in [0.25, 0.3) is 0 Å². The molecule has 0 aliphatic carbocycles. The van der Waals surface area contributed by atoms with Crippen molar-refractivity contribution >= 4 is 21.6 Å². The van der Waals surface area contributed by atoms with E-state index in [0.29, 0.717) is 19.0 Å². The third-order valence-corrected chi connectivity index (χ3v) is 5.08. The van der Waals surface area contributed by atoms with Crippen molar-refractivity contribution in [3.05, 3.63) is 12.3 Å². The first kappa shape index (κ1) is 16.0. The molecular formula is C13H23N5O2S. The Hall–Kier alpha value is -1.41. The van der Waals surface area contributed by atoms with Gasteiger partial charge in [-0.1, -0.05) is 0 Å². The highest BCUT2D eigenvalue weighted by molar-refractivity contribution is 7.91. The maximum atomic E-state index is 11.3. The second-order valence-electron chi connectivity index (χ2n) is 5.41. The van der Waals surface area contributed by atoms with Crippen molar-refractivity contribution in [2.45, 2.75) is 6.42 Å². The molecule has 2 rings (SSSR count). The molecule has 0 radical (unpaired) electrons. The summed E-state index contributed by atoms with van der Waals surface area (Å²) < 4.78 is 22.7. The van der Waals surface area contributed by atoms with E-state index in [9.17, 15) is 8.42 Å².